The number of aliphatic hydroxyl groups excluding tert-OH is 2. The summed E-state index contributed by atoms with van der Waals surface area (Å²) in [4.78, 5) is 40.4. The van der Waals surface area contributed by atoms with Crippen molar-refractivity contribution in [2.75, 3.05) is 13.7 Å². The van der Waals surface area contributed by atoms with E-state index in [2.05, 4.69) is 46.8 Å². The lowest BCUT2D eigenvalue weighted by Gasteiger charge is -2.67. The Hall–Kier alpha value is -2.27. The van der Waals surface area contributed by atoms with E-state index in [-0.39, 0.29) is 48.6 Å². The molecule has 296 valence electrons. The Balaban J connectivity index is 1.94. The fourth-order valence-corrected chi connectivity index (χ4v) is 11.1. The molecule has 1 aliphatic heterocycles. The predicted octanol–water partition coefficient (Wildman–Crippen LogP) is 6.33. The quantitative estimate of drug-likeness (QED) is 0.111. The van der Waals surface area contributed by atoms with E-state index < -0.39 is 70.0 Å². The molecule has 4 rings (SSSR count). The van der Waals surface area contributed by atoms with Gasteiger partial charge in [-0.05, 0) is 100 Å². The maximum Gasteiger partial charge on any atom is 0.335 e. The molecule has 3 fully saturated rings. The van der Waals surface area contributed by atoms with Gasteiger partial charge in [0, 0.05) is 17.8 Å². The molecule has 0 amide bonds. The molecule has 13 atom stereocenters. The molecule has 10 nitrogen and oxygen atoms in total. The highest BCUT2D eigenvalue weighted by Crippen LogP contribution is 2.72. The minimum atomic E-state index is -1.35. The molecule has 10 heteroatoms. The monoisotopic (exact) mass is 732 g/mol. The zero-order chi connectivity index (χ0) is 39.1. The summed E-state index contributed by atoms with van der Waals surface area (Å²) in [6.45, 7) is 21.8. The van der Waals surface area contributed by atoms with Gasteiger partial charge in [0.25, 0.3) is 0 Å². The van der Waals surface area contributed by atoms with Crippen LogP contribution in [0.15, 0.2) is 23.3 Å². The van der Waals surface area contributed by atoms with E-state index in [4.69, 9.17) is 18.9 Å². The van der Waals surface area contributed by atoms with E-state index in [1.54, 1.807) is 27.7 Å². The van der Waals surface area contributed by atoms with Gasteiger partial charge in [0.2, 0.25) is 0 Å². The van der Waals surface area contributed by atoms with Gasteiger partial charge in [-0.2, -0.15) is 0 Å². The van der Waals surface area contributed by atoms with Gasteiger partial charge in [-0.3, -0.25) is 4.79 Å². The van der Waals surface area contributed by atoms with Crippen molar-refractivity contribution in [3.8, 4) is 0 Å². The first-order chi connectivity index (χ1) is 24.1. The van der Waals surface area contributed by atoms with E-state index in [0.29, 0.717) is 25.9 Å². The van der Waals surface area contributed by atoms with Gasteiger partial charge in [0.05, 0.1) is 25.4 Å². The van der Waals surface area contributed by atoms with Crippen molar-refractivity contribution in [3.63, 3.8) is 0 Å². The Kier molecular flexibility index (Phi) is 12.9. The third-order valence-electron chi connectivity index (χ3n) is 13.8. The molecule has 0 aromatic heterocycles. The van der Waals surface area contributed by atoms with Crippen LogP contribution in [0.4, 0.5) is 0 Å². The third kappa shape index (κ3) is 7.92. The maximum atomic E-state index is 13.9. The molecule has 52 heavy (non-hydrogen) atoms. The highest BCUT2D eigenvalue weighted by molar-refractivity contribution is 5.75. The highest BCUT2D eigenvalue weighted by Gasteiger charge is 2.71. The first-order valence-electron chi connectivity index (χ1n) is 19.6. The smallest absolute Gasteiger partial charge is 0.335 e. The molecule has 4 aliphatic rings. The van der Waals surface area contributed by atoms with Gasteiger partial charge in [0.1, 0.15) is 12.2 Å². The average molecular weight is 733 g/mol. The van der Waals surface area contributed by atoms with Crippen LogP contribution in [-0.2, 0) is 33.3 Å². The van der Waals surface area contributed by atoms with Crippen LogP contribution in [0.1, 0.15) is 121 Å². The van der Waals surface area contributed by atoms with E-state index in [1.165, 1.54) is 12.7 Å². The number of ether oxygens (including phenoxy) is 4. The molecule has 0 aromatic rings. The summed E-state index contributed by atoms with van der Waals surface area (Å²) in [5.74, 6) is -3.24. The molecule has 0 aromatic carbocycles. The van der Waals surface area contributed by atoms with Crippen molar-refractivity contribution in [1.82, 2.24) is 0 Å². The number of carbonyl (C=O) groups excluding carboxylic acids is 3. The van der Waals surface area contributed by atoms with Crippen LogP contribution in [-0.4, -0.2) is 83.1 Å². The zero-order valence-electron chi connectivity index (χ0n) is 33.9. The molecule has 0 spiro atoms. The number of aliphatic hydroxyl groups is 3. The van der Waals surface area contributed by atoms with Crippen LogP contribution in [0.3, 0.4) is 0 Å². The maximum absolute atomic E-state index is 13.9. The molecule has 3 N–H and O–H groups in total. The van der Waals surface area contributed by atoms with Crippen molar-refractivity contribution >= 4 is 17.9 Å². The molecule has 3 aliphatic carbocycles. The van der Waals surface area contributed by atoms with Gasteiger partial charge in [0.15, 0.2) is 12.2 Å². The van der Waals surface area contributed by atoms with Gasteiger partial charge < -0.3 is 34.3 Å². The number of carbonyl (C=O) groups is 3. The first kappa shape index (κ1) is 42.5. The van der Waals surface area contributed by atoms with Crippen LogP contribution in [0, 0.1) is 51.8 Å². The topological polar surface area (TPSA) is 149 Å². The number of methoxy groups -OCH3 is 1. The second-order valence-corrected chi connectivity index (χ2v) is 18.4. The molecular weight excluding hydrogens is 664 g/mol. The summed E-state index contributed by atoms with van der Waals surface area (Å²) >= 11 is 0. The van der Waals surface area contributed by atoms with E-state index in [1.807, 2.05) is 13.8 Å². The number of hydrogen-bond donors (Lipinski definition) is 3. The van der Waals surface area contributed by atoms with Crippen molar-refractivity contribution in [3.05, 3.63) is 23.3 Å². The lowest BCUT2D eigenvalue weighted by molar-refractivity contribution is -0.242. The number of rotatable bonds is 13. The minimum Gasteiger partial charge on any atom is -0.469 e. The second-order valence-electron chi connectivity index (χ2n) is 18.4. The summed E-state index contributed by atoms with van der Waals surface area (Å²) in [6.07, 6.45) is 3.54. The van der Waals surface area contributed by atoms with E-state index in [0.717, 1.165) is 18.4 Å². The molecule has 1 unspecified atom stereocenters. The van der Waals surface area contributed by atoms with Crippen molar-refractivity contribution in [1.29, 1.82) is 0 Å². The standard InChI is InChI=1S/C42H68O10/c1-13-25(6)35(45)38(47)51-29-21-41(10)28(26-19-27(50-22-26)18-23(2)3)14-15-30(41)42(11)32(52-37(46)34(44)24(4)5)20-31(39(7,8)48)40(9,36(29)42)17-16-33(43)49-12/h15,18,24-29,31-32,34-36,44-45,48H,13-14,16-17,19-22H2,1-12H3/t25-,26-,27-,28+,29-,31?,32-,34-,35-,36-,40+,41+,42-/m1/s1. The van der Waals surface area contributed by atoms with Gasteiger partial charge in [-0.15, -0.1) is 0 Å². The normalized spacial score (nSPS) is 37.6. The Morgan fingerprint density at radius 3 is 2.23 bits per heavy atom. The molecule has 2 saturated carbocycles. The average Bonchev–Trinajstić information content (AvgIpc) is 3.66. The van der Waals surface area contributed by atoms with Gasteiger partial charge >= 0.3 is 17.9 Å². The number of fused-ring (bicyclic) bond motifs is 3. The summed E-state index contributed by atoms with van der Waals surface area (Å²) in [5, 5.41) is 34.0. The molecular formula is C42H68O10. The summed E-state index contributed by atoms with van der Waals surface area (Å²) in [5.41, 5.74) is -1.26. The summed E-state index contributed by atoms with van der Waals surface area (Å²) in [7, 11) is 1.35. The third-order valence-corrected chi connectivity index (χ3v) is 13.8. The van der Waals surface area contributed by atoms with Crippen molar-refractivity contribution in [2.24, 2.45) is 51.8 Å². The number of hydrogen-bond acceptors (Lipinski definition) is 10. The molecule has 0 bridgehead atoms. The molecule has 1 heterocycles. The lowest BCUT2D eigenvalue weighted by atomic mass is 9.39. The Morgan fingerprint density at radius 1 is 1.04 bits per heavy atom. The zero-order valence-corrected chi connectivity index (χ0v) is 33.9. The lowest BCUT2D eigenvalue weighted by Crippen LogP contribution is -2.68. The second kappa shape index (κ2) is 15.8. The Bertz CT molecular complexity index is 1370. The van der Waals surface area contributed by atoms with E-state index in [9.17, 15) is 29.7 Å². The Morgan fingerprint density at radius 2 is 1.67 bits per heavy atom. The minimum absolute atomic E-state index is 0.0175. The fraction of sp³-hybridized carbons (Fsp3) is 0.833. The molecule has 1 saturated heterocycles. The van der Waals surface area contributed by atoms with Crippen LogP contribution in [0.25, 0.3) is 0 Å². The van der Waals surface area contributed by atoms with Gasteiger partial charge in [-0.1, -0.05) is 78.2 Å². The van der Waals surface area contributed by atoms with Crippen LogP contribution in [0.2, 0.25) is 0 Å². The largest absolute Gasteiger partial charge is 0.469 e. The van der Waals surface area contributed by atoms with E-state index >= 15 is 0 Å². The fourth-order valence-electron chi connectivity index (χ4n) is 11.1. The van der Waals surface area contributed by atoms with Crippen LogP contribution >= 0.6 is 0 Å². The van der Waals surface area contributed by atoms with Crippen LogP contribution in [0.5, 0.6) is 0 Å². The predicted molar refractivity (Wildman–Crippen MR) is 198 cm³/mol. The molecule has 0 radical (unpaired) electrons. The summed E-state index contributed by atoms with van der Waals surface area (Å²) < 4.78 is 24.4. The van der Waals surface area contributed by atoms with Crippen molar-refractivity contribution < 1.29 is 48.7 Å². The number of esters is 3. The SMILES string of the molecule is CC[C@@H](C)[C@@H](O)C(=O)O[C@@H]1C[C@]2(C)C(=CC[C@H]2[C@H]2CO[C@H](C=C(C)C)C2)[C@]2(C)[C@H](OC(=O)[C@H](O)C(C)C)CC(C(C)(C)O)[C@](C)(CCC(=O)OC)[C@@H]12. The van der Waals surface area contributed by atoms with Gasteiger partial charge in [-0.25, -0.2) is 9.59 Å². The van der Waals surface area contributed by atoms with Crippen LogP contribution < -0.4 is 0 Å². The Labute approximate surface area is 312 Å². The first-order valence-corrected chi connectivity index (χ1v) is 19.6. The number of allylic oxidation sites excluding steroid dienone is 2. The summed E-state index contributed by atoms with van der Waals surface area (Å²) in [6, 6.07) is 0. The van der Waals surface area contributed by atoms with Crippen molar-refractivity contribution in [2.45, 2.75) is 157 Å². The highest BCUT2D eigenvalue weighted by atomic mass is 16.6.